The molecule has 0 unspecified atom stereocenters. The van der Waals surface area contributed by atoms with Crippen LogP contribution in [0.2, 0.25) is 5.15 Å². The van der Waals surface area contributed by atoms with E-state index in [1.54, 1.807) is 6.20 Å². The van der Waals surface area contributed by atoms with Crippen molar-refractivity contribution in [3.63, 3.8) is 0 Å². The zero-order chi connectivity index (χ0) is 11.8. The van der Waals surface area contributed by atoms with Gasteiger partial charge in [-0.1, -0.05) is 31.5 Å². The molecule has 0 saturated carbocycles. The Hall–Kier alpha value is -0.350. The summed E-state index contributed by atoms with van der Waals surface area (Å²) < 4.78 is 0. The van der Waals surface area contributed by atoms with Crippen molar-refractivity contribution in [2.75, 3.05) is 26.2 Å². The first-order chi connectivity index (χ1) is 7.77. The van der Waals surface area contributed by atoms with Crippen LogP contribution < -0.4 is 5.32 Å². The summed E-state index contributed by atoms with van der Waals surface area (Å²) in [7, 11) is 0. The van der Waals surface area contributed by atoms with E-state index in [-0.39, 0.29) is 12.4 Å². The van der Waals surface area contributed by atoms with Crippen molar-refractivity contribution in [1.82, 2.24) is 15.2 Å². The lowest BCUT2D eigenvalue weighted by atomic mass is 10.3. The summed E-state index contributed by atoms with van der Waals surface area (Å²) in [4.78, 5) is 6.43. The van der Waals surface area contributed by atoms with Gasteiger partial charge in [0.15, 0.2) is 0 Å². The minimum atomic E-state index is 0. The Balaban J connectivity index is 0.00000256. The van der Waals surface area contributed by atoms with Gasteiger partial charge in [-0.2, -0.15) is 0 Å². The number of pyridine rings is 1. The predicted octanol–water partition coefficient (Wildman–Crippen LogP) is 2.59. The van der Waals surface area contributed by atoms with E-state index in [0.717, 1.165) is 38.3 Å². The fourth-order valence-electron chi connectivity index (χ4n) is 1.55. The van der Waals surface area contributed by atoms with Crippen molar-refractivity contribution < 1.29 is 0 Å². The van der Waals surface area contributed by atoms with Gasteiger partial charge >= 0.3 is 0 Å². The maximum absolute atomic E-state index is 5.96. The monoisotopic (exact) mass is 277 g/mol. The van der Waals surface area contributed by atoms with Crippen LogP contribution in [0.15, 0.2) is 18.3 Å². The van der Waals surface area contributed by atoms with Gasteiger partial charge in [0.1, 0.15) is 5.15 Å². The third-order valence-corrected chi connectivity index (χ3v) is 2.99. The van der Waals surface area contributed by atoms with Crippen molar-refractivity contribution in [2.24, 2.45) is 0 Å². The quantitative estimate of drug-likeness (QED) is 0.614. The van der Waals surface area contributed by atoms with Crippen LogP contribution in [0.3, 0.4) is 0 Å². The van der Waals surface area contributed by atoms with Crippen molar-refractivity contribution in [3.8, 4) is 0 Å². The Bertz CT molecular complexity index is 304. The predicted molar refractivity (Wildman–Crippen MR) is 76.0 cm³/mol. The zero-order valence-electron chi connectivity index (χ0n) is 10.4. The second-order valence-electron chi connectivity index (χ2n) is 3.66. The van der Waals surface area contributed by atoms with Crippen molar-refractivity contribution in [1.29, 1.82) is 0 Å². The summed E-state index contributed by atoms with van der Waals surface area (Å²) in [5, 5.41) is 3.97. The third kappa shape index (κ3) is 6.22. The van der Waals surface area contributed by atoms with Gasteiger partial charge in [0, 0.05) is 31.4 Å². The number of hydrogen-bond acceptors (Lipinski definition) is 3. The van der Waals surface area contributed by atoms with E-state index in [4.69, 9.17) is 11.6 Å². The second kappa shape index (κ2) is 9.66. The highest BCUT2D eigenvalue weighted by Gasteiger charge is 2.00. The Kier molecular flexibility index (Phi) is 9.46. The molecular formula is C12H21Cl2N3. The topological polar surface area (TPSA) is 28.2 Å². The SMILES string of the molecule is CCN(CC)CCNCc1cccnc1Cl.Cl. The van der Waals surface area contributed by atoms with Crippen LogP contribution in [0.5, 0.6) is 0 Å². The zero-order valence-corrected chi connectivity index (χ0v) is 12.0. The van der Waals surface area contributed by atoms with Gasteiger partial charge in [0.05, 0.1) is 0 Å². The maximum atomic E-state index is 5.96. The summed E-state index contributed by atoms with van der Waals surface area (Å²) in [5.74, 6) is 0. The standard InChI is InChI=1S/C12H20ClN3.ClH/c1-3-16(4-2)9-8-14-10-11-6-5-7-15-12(11)13;/h5-7,14H,3-4,8-10H2,1-2H3;1H. The summed E-state index contributed by atoms with van der Waals surface area (Å²) in [6.45, 7) is 9.41. The minimum absolute atomic E-state index is 0. The van der Waals surface area contributed by atoms with E-state index >= 15 is 0 Å². The highest BCUT2D eigenvalue weighted by Crippen LogP contribution is 2.10. The maximum Gasteiger partial charge on any atom is 0.133 e. The first-order valence-corrected chi connectivity index (χ1v) is 6.18. The summed E-state index contributed by atoms with van der Waals surface area (Å²) in [5.41, 5.74) is 1.06. The van der Waals surface area contributed by atoms with E-state index in [2.05, 4.69) is 29.0 Å². The molecule has 0 aliphatic rings. The lowest BCUT2D eigenvalue weighted by Crippen LogP contribution is -2.31. The van der Waals surface area contributed by atoms with Crippen LogP contribution in [0.25, 0.3) is 0 Å². The molecule has 1 N–H and O–H groups in total. The molecule has 1 aromatic heterocycles. The summed E-state index contributed by atoms with van der Waals surface area (Å²) >= 11 is 5.96. The van der Waals surface area contributed by atoms with Gasteiger partial charge in [-0.3, -0.25) is 0 Å². The second-order valence-corrected chi connectivity index (χ2v) is 4.02. The molecule has 0 radical (unpaired) electrons. The van der Waals surface area contributed by atoms with Gasteiger partial charge in [-0.25, -0.2) is 4.98 Å². The summed E-state index contributed by atoms with van der Waals surface area (Å²) in [6.07, 6.45) is 1.71. The minimum Gasteiger partial charge on any atom is -0.311 e. The van der Waals surface area contributed by atoms with Crippen LogP contribution >= 0.6 is 24.0 Å². The fraction of sp³-hybridized carbons (Fsp3) is 0.583. The summed E-state index contributed by atoms with van der Waals surface area (Å²) in [6, 6.07) is 3.91. The first kappa shape index (κ1) is 16.6. The third-order valence-electron chi connectivity index (χ3n) is 2.65. The van der Waals surface area contributed by atoms with E-state index < -0.39 is 0 Å². The van der Waals surface area contributed by atoms with Crippen molar-refractivity contribution in [2.45, 2.75) is 20.4 Å². The normalized spacial score (nSPS) is 10.4. The molecule has 0 aromatic carbocycles. The molecule has 0 atom stereocenters. The van der Waals surface area contributed by atoms with Gasteiger partial charge in [-0.15, -0.1) is 12.4 Å². The van der Waals surface area contributed by atoms with Crippen LogP contribution in [0.1, 0.15) is 19.4 Å². The molecule has 0 saturated heterocycles. The average molecular weight is 278 g/mol. The molecule has 17 heavy (non-hydrogen) atoms. The van der Waals surface area contributed by atoms with E-state index in [1.165, 1.54) is 0 Å². The fourth-order valence-corrected chi connectivity index (χ4v) is 1.74. The molecule has 1 aromatic rings. The molecule has 0 fully saturated rings. The lowest BCUT2D eigenvalue weighted by molar-refractivity contribution is 0.302. The van der Waals surface area contributed by atoms with Gasteiger partial charge in [-0.05, 0) is 19.2 Å². The average Bonchev–Trinajstić information content (AvgIpc) is 2.31. The Morgan fingerprint density at radius 3 is 2.65 bits per heavy atom. The van der Waals surface area contributed by atoms with Crippen molar-refractivity contribution >= 4 is 24.0 Å². The molecule has 0 aliphatic heterocycles. The number of rotatable bonds is 7. The molecule has 0 aliphatic carbocycles. The number of nitrogens with zero attached hydrogens (tertiary/aromatic N) is 2. The molecule has 0 spiro atoms. The Labute approximate surface area is 115 Å². The molecule has 0 bridgehead atoms. The van der Waals surface area contributed by atoms with Crippen LogP contribution in [0, 0.1) is 0 Å². The van der Waals surface area contributed by atoms with Crippen LogP contribution in [0.4, 0.5) is 0 Å². The van der Waals surface area contributed by atoms with Gasteiger partial charge < -0.3 is 10.2 Å². The number of nitrogens with one attached hydrogen (secondary N) is 1. The molecule has 5 heteroatoms. The molecule has 1 rings (SSSR count). The highest BCUT2D eigenvalue weighted by atomic mass is 35.5. The molecule has 1 heterocycles. The van der Waals surface area contributed by atoms with E-state index in [1.807, 2.05) is 12.1 Å². The molecule has 98 valence electrons. The lowest BCUT2D eigenvalue weighted by Gasteiger charge is -2.18. The number of likely N-dealkylation sites (N-methyl/N-ethyl adjacent to an activating group) is 1. The van der Waals surface area contributed by atoms with E-state index in [0.29, 0.717) is 5.15 Å². The molecule has 3 nitrogen and oxygen atoms in total. The molecular weight excluding hydrogens is 257 g/mol. The number of halogens is 2. The van der Waals surface area contributed by atoms with Gasteiger partial charge in [0.25, 0.3) is 0 Å². The molecule has 0 amide bonds. The smallest absolute Gasteiger partial charge is 0.133 e. The Morgan fingerprint density at radius 2 is 2.06 bits per heavy atom. The highest BCUT2D eigenvalue weighted by molar-refractivity contribution is 6.30. The first-order valence-electron chi connectivity index (χ1n) is 5.80. The van der Waals surface area contributed by atoms with E-state index in [9.17, 15) is 0 Å². The van der Waals surface area contributed by atoms with Crippen molar-refractivity contribution in [3.05, 3.63) is 29.0 Å². The van der Waals surface area contributed by atoms with Crippen LogP contribution in [-0.4, -0.2) is 36.1 Å². The largest absolute Gasteiger partial charge is 0.311 e. The number of hydrogen-bond donors (Lipinski definition) is 1. The van der Waals surface area contributed by atoms with Crippen LogP contribution in [-0.2, 0) is 6.54 Å². The Morgan fingerprint density at radius 1 is 1.35 bits per heavy atom. The number of aromatic nitrogens is 1. The van der Waals surface area contributed by atoms with Gasteiger partial charge in [0.2, 0.25) is 0 Å².